The number of rotatable bonds is 2. The lowest BCUT2D eigenvalue weighted by molar-refractivity contribution is 0.0977. The van der Waals surface area contributed by atoms with E-state index in [4.69, 9.17) is 4.74 Å². The standard InChI is InChI=1S/C19H14N2O3/c22-18-14-9-20-7-6-12(14)19(23)17-16(18)13-8-11(4-5-15(13)21-17)24-10-2-1-3-10/h4-10,21H,1-3H2. The number of H-pyrrole nitrogens is 1. The van der Waals surface area contributed by atoms with Crippen molar-refractivity contribution in [2.45, 2.75) is 25.4 Å². The van der Waals surface area contributed by atoms with Crippen molar-refractivity contribution < 1.29 is 14.3 Å². The molecule has 5 rings (SSSR count). The van der Waals surface area contributed by atoms with Crippen molar-refractivity contribution >= 4 is 22.5 Å². The van der Waals surface area contributed by atoms with Gasteiger partial charge in [-0.15, -0.1) is 0 Å². The average molecular weight is 318 g/mol. The summed E-state index contributed by atoms with van der Waals surface area (Å²) in [6.07, 6.45) is 6.59. The molecule has 0 spiro atoms. The molecule has 2 aliphatic rings. The Balaban J connectivity index is 1.68. The molecule has 5 nitrogen and oxygen atoms in total. The van der Waals surface area contributed by atoms with Gasteiger partial charge >= 0.3 is 0 Å². The highest BCUT2D eigenvalue weighted by atomic mass is 16.5. The molecule has 0 aliphatic heterocycles. The van der Waals surface area contributed by atoms with Crippen LogP contribution in [0.15, 0.2) is 36.7 Å². The van der Waals surface area contributed by atoms with Gasteiger partial charge in [-0.3, -0.25) is 14.6 Å². The second-order valence-electron chi connectivity index (χ2n) is 6.33. The van der Waals surface area contributed by atoms with Crippen LogP contribution in [0.2, 0.25) is 0 Å². The van der Waals surface area contributed by atoms with E-state index in [1.54, 1.807) is 6.07 Å². The van der Waals surface area contributed by atoms with Crippen LogP contribution >= 0.6 is 0 Å². The quantitative estimate of drug-likeness (QED) is 0.616. The van der Waals surface area contributed by atoms with Gasteiger partial charge in [0.15, 0.2) is 5.78 Å². The third kappa shape index (κ3) is 1.78. The first-order chi connectivity index (χ1) is 11.7. The number of aromatic nitrogens is 2. The highest BCUT2D eigenvalue weighted by Crippen LogP contribution is 2.35. The lowest BCUT2D eigenvalue weighted by Crippen LogP contribution is -2.24. The second kappa shape index (κ2) is 4.77. The van der Waals surface area contributed by atoms with Crippen LogP contribution < -0.4 is 4.74 Å². The van der Waals surface area contributed by atoms with Crippen LogP contribution in [0.1, 0.15) is 51.2 Å². The monoisotopic (exact) mass is 318 g/mol. The molecule has 0 unspecified atom stereocenters. The van der Waals surface area contributed by atoms with Crippen molar-refractivity contribution in [3.05, 3.63) is 59.0 Å². The summed E-state index contributed by atoms with van der Waals surface area (Å²) in [7, 11) is 0. The maximum atomic E-state index is 12.9. The van der Waals surface area contributed by atoms with E-state index in [0.717, 1.165) is 29.5 Å². The number of carbonyl (C=O) groups excluding carboxylic acids is 2. The van der Waals surface area contributed by atoms with Gasteiger partial charge in [0, 0.05) is 28.9 Å². The Labute approximate surface area is 137 Å². The fourth-order valence-corrected chi connectivity index (χ4v) is 3.37. The Bertz CT molecular complexity index is 1010. The normalized spacial score (nSPS) is 16.7. The topological polar surface area (TPSA) is 72.0 Å². The minimum atomic E-state index is -0.167. The van der Waals surface area contributed by atoms with Crippen molar-refractivity contribution in [3.63, 3.8) is 0 Å². The van der Waals surface area contributed by atoms with Gasteiger partial charge in [0.25, 0.3) is 0 Å². The minimum absolute atomic E-state index is 0.167. The average Bonchev–Trinajstić information content (AvgIpc) is 2.95. The molecule has 0 bridgehead atoms. The molecule has 1 N–H and O–H groups in total. The number of carbonyl (C=O) groups is 2. The fourth-order valence-electron chi connectivity index (χ4n) is 3.37. The van der Waals surface area contributed by atoms with Crippen molar-refractivity contribution in [1.82, 2.24) is 9.97 Å². The molecule has 0 amide bonds. The fraction of sp³-hybridized carbons (Fsp3) is 0.211. The van der Waals surface area contributed by atoms with Gasteiger partial charge < -0.3 is 9.72 Å². The number of aromatic amines is 1. The Morgan fingerprint density at radius 1 is 1.08 bits per heavy atom. The number of ether oxygens (including phenoxy) is 1. The van der Waals surface area contributed by atoms with Gasteiger partial charge in [-0.25, -0.2) is 0 Å². The number of hydrogen-bond acceptors (Lipinski definition) is 4. The molecular formula is C19H14N2O3. The van der Waals surface area contributed by atoms with Crippen LogP contribution in [-0.2, 0) is 0 Å². The first-order valence-electron chi connectivity index (χ1n) is 8.08. The zero-order valence-corrected chi connectivity index (χ0v) is 12.8. The van der Waals surface area contributed by atoms with E-state index in [0.29, 0.717) is 22.4 Å². The van der Waals surface area contributed by atoms with Gasteiger partial charge in [0.1, 0.15) is 5.75 Å². The lowest BCUT2D eigenvalue weighted by atomic mass is 9.88. The van der Waals surface area contributed by atoms with E-state index in [1.165, 1.54) is 18.8 Å². The zero-order valence-electron chi connectivity index (χ0n) is 12.8. The summed E-state index contributed by atoms with van der Waals surface area (Å²) < 4.78 is 5.93. The SMILES string of the molecule is O=C1c2ccncc2C(=O)c2c1[nH]c1ccc(OC3CCC3)cc21. The minimum Gasteiger partial charge on any atom is -0.490 e. The molecule has 118 valence electrons. The van der Waals surface area contributed by atoms with Crippen molar-refractivity contribution in [2.24, 2.45) is 0 Å². The summed E-state index contributed by atoms with van der Waals surface area (Å²) in [6.45, 7) is 0. The summed E-state index contributed by atoms with van der Waals surface area (Å²) >= 11 is 0. The predicted octanol–water partition coefficient (Wildman–Crippen LogP) is 3.27. The molecular weight excluding hydrogens is 304 g/mol. The van der Waals surface area contributed by atoms with Crippen molar-refractivity contribution in [1.29, 1.82) is 0 Å². The third-order valence-electron chi connectivity index (χ3n) is 4.89. The number of fused-ring (bicyclic) bond motifs is 4. The number of nitrogens with one attached hydrogen (secondary N) is 1. The first kappa shape index (κ1) is 13.5. The number of benzene rings is 1. The van der Waals surface area contributed by atoms with Gasteiger partial charge in [0.2, 0.25) is 5.78 Å². The van der Waals surface area contributed by atoms with Crippen molar-refractivity contribution in [2.75, 3.05) is 0 Å². The molecule has 0 radical (unpaired) electrons. The Morgan fingerprint density at radius 3 is 2.75 bits per heavy atom. The van der Waals surface area contributed by atoms with E-state index >= 15 is 0 Å². The highest BCUT2D eigenvalue weighted by Gasteiger charge is 2.33. The van der Waals surface area contributed by atoms with E-state index in [1.807, 2.05) is 18.2 Å². The smallest absolute Gasteiger partial charge is 0.210 e. The van der Waals surface area contributed by atoms with Gasteiger partial charge in [-0.2, -0.15) is 0 Å². The number of nitrogens with zero attached hydrogens (tertiary/aromatic N) is 1. The van der Waals surface area contributed by atoms with Crippen LogP contribution in [0.4, 0.5) is 0 Å². The summed E-state index contributed by atoms with van der Waals surface area (Å²) in [4.78, 5) is 32.7. The molecule has 5 heteroatoms. The van der Waals surface area contributed by atoms with Crippen LogP contribution in [-0.4, -0.2) is 27.6 Å². The third-order valence-corrected chi connectivity index (χ3v) is 4.89. The largest absolute Gasteiger partial charge is 0.490 e. The summed E-state index contributed by atoms with van der Waals surface area (Å²) in [5.74, 6) is 0.408. The summed E-state index contributed by atoms with van der Waals surface area (Å²) in [6, 6.07) is 7.20. The Morgan fingerprint density at radius 2 is 1.96 bits per heavy atom. The van der Waals surface area contributed by atoms with Gasteiger partial charge in [0.05, 0.1) is 22.9 Å². The molecule has 1 fully saturated rings. The number of hydrogen-bond donors (Lipinski definition) is 1. The Kier molecular flexibility index (Phi) is 2.68. The summed E-state index contributed by atoms with van der Waals surface area (Å²) in [5, 5.41) is 0.731. The molecule has 3 aromatic rings. The van der Waals surface area contributed by atoms with Crippen LogP contribution in [0.3, 0.4) is 0 Å². The van der Waals surface area contributed by atoms with E-state index in [9.17, 15) is 9.59 Å². The summed E-state index contributed by atoms with van der Waals surface area (Å²) in [5.41, 5.74) is 2.31. The van der Waals surface area contributed by atoms with Gasteiger partial charge in [-0.1, -0.05) is 0 Å². The number of ketones is 2. The molecule has 1 saturated carbocycles. The number of pyridine rings is 1. The molecule has 24 heavy (non-hydrogen) atoms. The molecule has 1 aromatic carbocycles. The molecule has 2 aromatic heterocycles. The lowest BCUT2D eigenvalue weighted by Gasteiger charge is -2.26. The maximum absolute atomic E-state index is 12.9. The van der Waals surface area contributed by atoms with E-state index in [2.05, 4.69) is 9.97 Å². The molecule has 0 saturated heterocycles. The molecule has 0 atom stereocenters. The second-order valence-corrected chi connectivity index (χ2v) is 6.33. The van der Waals surface area contributed by atoms with Crippen LogP contribution in [0.25, 0.3) is 10.9 Å². The van der Waals surface area contributed by atoms with E-state index in [-0.39, 0.29) is 17.7 Å². The molecule has 2 heterocycles. The molecule has 2 aliphatic carbocycles. The maximum Gasteiger partial charge on any atom is 0.210 e. The highest BCUT2D eigenvalue weighted by molar-refractivity contribution is 6.31. The van der Waals surface area contributed by atoms with Crippen molar-refractivity contribution in [3.8, 4) is 5.75 Å². The Hall–Kier alpha value is -2.95. The predicted molar refractivity (Wildman–Crippen MR) is 87.7 cm³/mol. The van der Waals surface area contributed by atoms with Crippen LogP contribution in [0, 0.1) is 0 Å². The van der Waals surface area contributed by atoms with Gasteiger partial charge in [-0.05, 0) is 43.5 Å². The van der Waals surface area contributed by atoms with E-state index < -0.39 is 0 Å². The zero-order chi connectivity index (χ0) is 16.3. The first-order valence-corrected chi connectivity index (χ1v) is 8.08. The van der Waals surface area contributed by atoms with Crippen LogP contribution in [0.5, 0.6) is 5.75 Å².